The Kier molecular flexibility index (Phi) is 4.30. The highest BCUT2D eigenvalue weighted by atomic mass is 16.6. The van der Waals surface area contributed by atoms with Crippen LogP contribution in [0.25, 0.3) is 0 Å². The van der Waals surface area contributed by atoms with E-state index in [0.29, 0.717) is 19.6 Å². The van der Waals surface area contributed by atoms with E-state index in [9.17, 15) is 9.59 Å². The monoisotopic (exact) mass is 249 g/mol. The Morgan fingerprint density at radius 3 is 2.89 bits per heavy atom. The number of nitrogens with one attached hydrogen (secondary N) is 1. The zero-order valence-electron chi connectivity index (χ0n) is 9.93. The summed E-state index contributed by atoms with van der Waals surface area (Å²) in [6.07, 6.45) is -1.06. The molecule has 0 bridgehead atoms. The summed E-state index contributed by atoms with van der Waals surface area (Å²) >= 11 is 0. The first-order chi connectivity index (χ1) is 8.75. The fraction of sp³-hybridized carbons (Fsp3) is 0.385. The van der Waals surface area contributed by atoms with Gasteiger partial charge in [-0.15, -0.1) is 0 Å². The number of amides is 1. The molecule has 5 heteroatoms. The van der Waals surface area contributed by atoms with E-state index in [0.717, 1.165) is 5.56 Å². The average molecular weight is 249 g/mol. The molecule has 1 aliphatic rings. The minimum atomic E-state index is -0.769. The Morgan fingerprint density at radius 1 is 1.39 bits per heavy atom. The maximum absolute atomic E-state index is 11.5. The summed E-state index contributed by atoms with van der Waals surface area (Å²) in [5, 5.41) is 2.60. The number of benzene rings is 1. The highest BCUT2D eigenvalue weighted by Crippen LogP contribution is 2.06. The molecule has 0 saturated carbocycles. The molecule has 0 unspecified atom stereocenters. The number of Topliss-reactive ketones (excluding diaryl/α,β-unsaturated/α-hetero) is 1. The van der Waals surface area contributed by atoms with Crippen molar-refractivity contribution < 1.29 is 19.1 Å². The zero-order chi connectivity index (χ0) is 12.8. The molecule has 1 aromatic carbocycles. The van der Waals surface area contributed by atoms with Crippen LogP contribution >= 0.6 is 0 Å². The van der Waals surface area contributed by atoms with E-state index in [1.54, 1.807) is 0 Å². The van der Waals surface area contributed by atoms with Crippen molar-refractivity contribution in [1.29, 1.82) is 0 Å². The highest BCUT2D eigenvalue weighted by molar-refractivity contribution is 5.86. The number of alkyl carbamates (subject to hydrolysis) is 1. The molecular formula is C13H15NO4. The van der Waals surface area contributed by atoms with E-state index in [2.05, 4.69) is 5.32 Å². The molecule has 96 valence electrons. The van der Waals surface area contributed by atoms with E-state index < -0.39 is 12.2 Å². The normalized spacial score (nSPS) is 19.3. The van der Waals surface area contributed by atoms with E-state index in [-0.39, 0.29) is 12.4 Å². The number of ether oxygens (including phenoxy) is 2. The molecule has 18 heavy (non-hydrogen) atoms. The summed E-state index contributed by atoms with van der Waals surface area (Å²) in [7, 11) is 0. The number of hydrogen-bond acceptors (Lipinski definition) is 4. The Labute approximate surface area is 105 Å². The topological polar surface area (TPSA) is 64.6 Å². The highest BCUT2D eigenvalue weighted by Gasteiger charge is 2.26. The molecule has 1 amide bonds. The van der Waals surface area contributed by atoms with Crippen molar-refractivity contribution in [2.24, 2.45) is 0 Å². The van der Waals surface area contributed by atoms with Crippen molar-refractivity contribution in [2.45, 2.75) is 19.1 Å². The van der Waals surface area contributed by atoms with Crippen LogP contribution < -0.4 is 5.32 Å². The second-order valence-corrected chi connectivity index (χ2v) is 4.02. The van der Waals surface area contributed by atoms with Crippen LogP contribution in [0.4, 0.5) is 4.79 Å². The zero-order valence-corrected chi connectivity index (χ0v) is 9.93. The lowest BCUT2D eigenvalue weighted by Crippen LogP contribution is -2.39. The van der Waals surface area contributed by atoms with Crippen LogP contribution in [-0.2, 0) is 20.8 Å². The first-order valence-electron chi connectivity index (χ1n) is 5.84. The van der Waals surface area contributed by atoms with Crippen LogP contribution in [0.5, 0.6) is 0 Å². The fourth-order valence-corrected chi connectivity index (χ4v) is 1.66. The lowest BCUT2D eigenvalue weighted by atomic mass is 10.1. The minimum Gasteiger partial charge on any atom is -0.436 e. The van der Waals surface area contributed by atoms with Gasteiger partial charge in [0.1, 0.15) is 0 Å². The lowest BCUT2D eigenvalue weighted by Gasteiger charge is -2.21. The summed E-state index contributed by atoms with van der Waals surface area (Å²) < 4.78 is 10.1. The maximum Gasteiger partial charge on any atom is 0.408 e. The summed E-state index contributed by atoms with van der Waals surface area (Å²) in [5.41, 5.74) is 0.973. The molecular weight excluding hydrogens is 234 g/mol. The second kappa shape index (κ2) is 6.16. The maximum atomic E-state index is 11.5. The van der Waals surface area contributed by atoms with Gasteiger partial charge in [0.2, 0.25) is 0 Å². The van der Waals surface area contributed by atoms with Crippen molar-refractivity contribution in [2.75, 3.05) is 13.2 Å². The van der Waals surface area contributed by atoms with Gasteiger partial charge in [-0.25, -0.2) is 4.79 Å². The van der Waals surface area contributed by atoms with Gasteiger partial charge in [-0.3, -0.25) is 4.79 Å². The first-order valence-corrected chi connectivity index (χ1v) is 5.84. The van der Waals surface area contributed by atoms with Gasteiger partial charge < -0.3 is 14.8 Å². The van der Waals surface area contributed by atoms with Crippen molar-refractivity contribution in [1.82, 2.24) is 5.32 Å². The second-order valence-electron chi connectivity index (χ2n) is 4.02. The van der Waals surface area contributed by atoms with Gasteiger partial charge in [0, 0.05) is 13.0 Å². The van der Waals surface area contributed by atoms with Gasteiger partial charge >= 0.3 is 6.09 Å². The van der Waals surface area contributed by atoms with Gasteiger partial charge in [0.15, 0.2) is 11.9 Å². The van der Waals surface area contributed by atoms with Gasteiger partial charge in [0.05, 0.1) is 13.2 Å². The van der Waals surface area contributed by atoms with Gasteiger partial charge in [-0.1, -0.05) is 30.3 Å². The van der Waals surface area contributed by atoms with E-state index in [4.69, 9.17) is 9.47 Å². The standard InChI is InChI=1S/C13H15NO4/c15-11-6-7-17-9-12(11)18-13(16)14-8-10-4-2-1-3-5-10/h1-5,12H,6-9H2,(H,14,16)/t12-/m0/s1. The SMILES string of the molecule is O=C(NCc1ccccc1)O[C@H]1COCCC1=O. The van der Waals surface area contributed by atoms with Crippen molar-refractivity contribution >= 4 is 11.9 Å². The Morgan fingerprint density at radius 2 is 2.17 bits per heavy atom. The number of ketones is 1. The third-order valence-corrected chi connectivity index (χ3v) is 2.65. The van der Waals surface area contributed by atoms with Gasteiger partial charge in [-0.2, -0.15) is 0 Å². The van der Waals surface area contributed by atoms with E-state index in [1.165, 1.54) is 0 Å². The predicted octanol–water partition coefficient (Wildman–Crippen LogP) is 1.27. The number of carbonyl (C=O) groups excluding carboxylic acids is 2. The lowest BCUT2D eigenvalue weighted by molar-refractivity contribution is -0.137. The molecule has 2 rings (SSSR count). The molecule has 0 radical (unpaired) electrons. The summed E-state index contributed by atoms with van der Waals surface area (Å²) in [4.78, 5) is 22.9. The third-order valence-electron chi connectivity index (χ3n) is 2.65. The van der Waals surface area contributed by atoms with Gasteiger partial charge in [-0.05, 0) is 5.56 Å². The molecule has 1 atom stereocenters. The molecule has 1 aromatic rings. The molecule has 1 aliphatic heterocycles. The number of carbonyl (C=O) groups is 2. The fourth-order valence-electron chi connectivity index (χ4n) is 1.66. The molecule has 1 saturated heterocycles. The summed E-state index contributed by atoms with van der Waals surface area (Å²) in [5.74, 6) is -0.0869. The summed E-state index contributed by atoms with van der Waals surface area (Å²) in [6, 6.07) is 9.48. The van der Waals surface area contributed by atoms with E-state index >= 15 is 0 Å². The van der Waals surface area contributed by atoms with Gasteiger partial charge in [0.25, 0.3) is 0 Å². The molecule has 0 spiro atoms. The van der Waals surface area contributed by atoms with Crippen LogP contribution in [0.15, 0.2) is 30.3 Å². The van der Waals surface area contributed by atoms with Crippen molar-refractivity contribution in [3.63, 3.8) is 0 Å². The summed E-state index contributed by atoms with van der Waals surface area (Å²) in [6.45, 7) is 0.934. The average Bonchev–Trinajstić information content (AvgIpc) is 2.40. The minimum absolute atomic E-state index is 0.0869. The largest absolute Gasteiger partial charge is 0.436 e. The van der Waals surface area contributed by atoms with Crippen LogP contribution in [0.2, 0.25) is 0 Å². The number of hydrogen-bond donors (Lipinski definition) is 1. The smallest absolute Gasteiger partial charge is 0.408 e. The molecule has 1 N–H and O–H groups in total. The quantitative estimate of drug-likeness (QED) is 0.876. The molecule has 0 aromatic heterocycles. The van der Waals surface area contributed by atoms with Crippen LogP contribution in [0.3, 0.4) is 0 Å². The Bertz CT molecular complexity index is 418. The molecule has 1 heterocycles. The molecule has 0 aliphatic carbocycles. The van der Waals surface area contributed by atoms with Crippen molar-refractivity contribution in [3.8, 4) is 0 Å². The van der Waals surface area contributed by atoms with Crippen molar-refractivity contribution in [3.05, 3.63) is 35.9 Å². The number of rotatable bonds is 3. The first kappa shape index (κ1) is 12.6. The van der Waals surface area contributed by atoms with E-state index in [1.807, 2.05) is 30.3 Å². The van der Waals surface area contributed by atoms with Crippen LogP contribution in [0, 0.1) is 0 Å². The Balaban J connectivity index is 1.76. The molecule has 5 nitrogen and oxygen atoms in total. The third kappa shape index (κ3) is 3.56. The van der Waals surface area contributed by atoms with Crippen LogP contribution in [-0.4, -0.2) is 31.2 Å². The Hall–Kier alpha value is -1.88. The predicted molar refractivity (Wildman–Crippen MR) is 64.0 cm³/mol. The van der Waals surface area contributed by atoms with Crippen LogP contribution in [0.1, 0.15) is 12.0 Å². The molecule has 1 fully saturated rings.